The van der Waals surface area contributed by atoms with Gasteiger partial charge in [-0.3, -0.25) is 4.79 Å². The summed E-state index contributed by atoms with van der Waals surface area (Å²) in [5.74, 6) is -0.282. The number of para-hydroxylation sites is 1. The molecule has 0 radical (unpaired) electrons. The van der Waals surface area contributed by atoms with E-state index in [0.717, 1.165) is 25.0 Å². The Kier molecular flexibility index (Phi) is 7.41. The van der Waals surface area contributed by atoms with Gasteiger partial charge in [0.2, 0.25) is 0 Å². The van der Waals surface area contributed by atoms with Crippen molar-refractivity contribution in [2.75, 3.05) is 26.9 Å². The molecular formula is C23H25NO5. The second-order valence-corrected chi connectivity index (χ2v) is 6.68. The first-order valence-corrected chi connectivity index (χ1v) is 9.63. The van der Waals surface area contributed by atoms with E-state index in [2.05, 4.69) is 5.32 Å². The number of benzene rings is 2. The molecule has 1 fully saturated rings. The molecule has 1 N–H and O–H groups in total. The molecule has 3 rings (SSSR count). The summed E-state index contributed by atoms with van der Waals surface area (Å²) < 4.78 is 16.1. The highest BCUT2D eigenvalue weighted by Crippen LogP contribution is 2.25. The highest BCUT2D eigenvalue weighted by atomic mass is 16.5. The summed E-state index contributed by atoms with van der Waals surface area (Å²) in [6.07, 6.45) is 3.68. The SMILES string of the molecule is COc1ccccc1/C=C(/C(=O)OCC(=O)NC[C@@H]1CCCO1)c1ccccc1. The second-order valence-electron chi connectivity index (χ2n) is 6.68. The van der Waals surface area contributed by atoms with Gasteiger partial charge in [0, 0.05) is 18.7 Å². The topological polar surface area (TPSA) is 73.9 Å². The summed E-state index contributed by atoms with van der Waals surface area (Å²) in [5, 5.41) is 2.75. The number of methoxy groups -OCH3 is 1. The molecule has 0 aliphatic carbocycles. The predicted molar refractivity (Wildman–Crippen MR) is 110 cm³/mol. The number of hydrogen-bond acceptors (Lipinski definition) is 5. The number of carbonyl (C=O) groups excluding carboxylic acids is 2. The molecule has 2 aromatic rings. The largest absolute Gasteiger partial charge is 0.496 e. The van der Waals surface area contributed by atoms with Crippen LogP contribution in [0.4, 0.5) is 0 Å². The first-order chi connectivity index (χ1) is 14.2. The summed E-state index contributed by atoms with van der Waals surface area (Å²) in [4.78, 5) is 24.8. The number of ether oxygens (including phenoxy) is 3. The van der Waals surface area contributed by atoms with Gasteiger partial charge in [-0.15, -0.1) is 0 Å². The molecule has 1 aliphatic heterocycles. The maximum atomic E-state index is 12.8. The van der Waals surface area contributed by atoms with Crippen molar-refractivity contribution in [2.45, 2.75) is 18.9 Å². The zero-order valence-electron chi connectivity index (χ0n) is 16.4. The number of amides is 1. The van der Waals surface area contributed by atoms with Gasteiger partial charge in [0.1, 0.15) is 5.75 Å². The monoisotopic (exact) mass is 395 g/mol. The average molecular weight is 395 g/mol. The maximum absolute atomic E-state index is 12.8. The fourth-order valence-electron chi connectivity index (χ4n) is 3.11. The third kappa shape index (κ3) is 5.93. The van der Waals surface area contributed by atoms with Crippen molar-refractivity contribution in [1.82, 2.24) is 5.32 Å². The normalized spacial score (nSPS) is 16.3. The lowest BCUT2D eigenvalue weighted by molar-refractivity contribution is -0.143. The molecule has 0 spiro atoms. The Morgan fingerprint density at radius 1 is 1.14 bits per heavy atom. The number of nitrogens with one attached hydrogen (secondary N) is 1. The molecule has 1 amide bonds. The van der Waals surface area contributed by atoms with Gasteiger partial charge in [-0.05, 0) is 30.5 Å². The number of hydrogen-bond donors (Lipinski definition) is 1. The van der Waals surface area contributed by atoms with Crippen molar-refractivity contribution in [3.05, 3.63) is 65.7 Å². The lowest BCUT2D eigenvalue weighted by Gasteiger charge is -2.12. The molecule has 1 saturated heterocycles. The molecule has 0 unspecified atom stereocenters. The number of carbonyl (C=O) groups is 2. The van der Waals surface area contributed by atoms with Gasteiger partial charge in [-0.25, -0.2) is 4.79 Å². The number of esters is 1. The van der Waals surface area contributed by atoms with E-state index in [1.807, 2.05) is 54.6 Å². The summed E-state index contributed by atoms with van der Waals surface area (Å²) in [5.41, 5.74) is 1.79. The van der Waals surface area contributed by atoms with Gasteiger partial charge in [-0.2, -0.15) is 0 Å². The lowest BCUT2D eigenvalue weighted by atomic mass is 10.0. The van der Waals surface area contributed by atoms with Gasteiger partial charge in [0.25, 0.3) is 5.91 Å². The maximum Gasteiger partial charge on any atom is 0.339 e. The summed E-state index contributed by atoms with van der Waals surface area (Å²) >= 11 is 0. The molecule has 152 valence electrons. The van der Waals surface area contributed by atoms with Crippen molar-refractivity contribution in [3.63, 3.8) is 0 Å². The van der Waals surface area contributed by atoms with Crippen LogP contribution in [-0.4, -0.2) is 44.8 Å². The quantitative estimate of drug-likeness (QED) is 0.422. The van der Waals surface area contributed by atoms with Crippen LogP contribution < -0.4 is 10.1 Å². The molecule has 1 heterocycles. The van der Waals surface area contributed by atoms with E-state index in [1.54, 1.807) is 13.2 Å². The first-order valence-electron chi connectivity index (χ1n) is 9.63. The van der Waals surface area contributed by atoms with E-state index in [-0.39, 0.29) is 18.6 Å². The van der Waals surface area contributed by atoms with Crippen LogP contribution in [0.2, 0.25) is 0 Å². The Hall–Kier alpha value is -3.12. The molecule has 0 aromatic heterocycles. The highest BCUT2D eigenvalue weighted by molar-refractivity contribution is 6.22. The minimum atomic E-state index is -0.575. The summed E-state index contributed by atoms with van der Waals surface area (Å²) in [7, 11) is 1.57. The summed E-state index contributed by atoms with van der Waals surface area (Å²) in [6, 6.07) is 16.6. The molecule has 1 atom stereocenters. The van der Waals surface area contributed by atoms with Gasteiger partial charge in [0.15, 0.2) is 6.61 Å². The van der Waals surface area contributed by atoms with Crippen LogP contribution in [0.25, 0.3) is 11.6 Å². The van der Waals surface area contributed by atoms with Gasteiger partial charge >= 0.3 is 5.97 Å². The van der Waals surface area contributed by atoms with E-state index in [4.69, 9.17) is 14.2 Å². The van der Waals surface area contributed by atoms with Crippen molar-refractivity contribution in [3.8, 4) is 5.75 Å². The van der Waals surface area contributed by atoms with Gasteiger partial charge in [-0.1, -0.05) is 48.5 Å². The Bertz CT molecular complexity index is 857. The molecular weight excluding hydrogens is 370 g/mol. The van der Waals surface area contributed by atoms with E-state index in [0.29, 0.717) is 23.4 Å². The van der Waals surface area contributed by atoms with Gasteiger partial charge < -0.3 is 19.5 Å². The van der Waals surface area contributed by atoms with Crippen molar-refractivity contribution < 1.29 is 23.8 Å². The van der Waals surface area contributed by atoms with E-state index in [9.17, 15) is 9.59 Å². The van der Waals surface area contributed by atoms with Crippen LogP contribution in [-0.2, 0) is 19.1 Å². The van der Waals surface area contributed by atoms with Crippen LogP contribution in [0.15, 0.2) is 54.6 Å². The van der Waals surface area contributed by atoms with Gasteiger partial charge in [0.05, 0.1) is 18.8 Å². The van der Waals surface area contributed by atoms with E-state index >= 15 is 0 Å². The Morgan fingerprint density at radius 3 is 2.62 bits per heavy atom. The fourth-order valence-corrected chi connectivity index (χ4v) is 3.11. The van der Waals surface area contributed by atoms with Crippen LogP contribution >= 0.6 is 0 Å². The van der Waals surface area contributed by atoms with Crippen molar-refractivity contribution >= 4 is 23.5 Å². The average Bonchev–Trinajstić information content (AvgIpc) is 3.29. The zero-order chi connectivity index (χ0) is 20.5. The van der Waals surface area contributed by atoms with Crippen LogP contribution in [0.3, 0.4) is 0 Å². The summed E-state index contributed by atoms with van der Waals surface area (Å²) in [6.45, 7) is 0.810. The molecule has 29 heavy (non-hydrogen) atoms. The van der Waals surface area contributed by atoms with Crippen molar-refractivity contribution in [1.29, 1.82) is 0 Å². The smallest absolute Gasteiger partial charge is 0.339 e. The highest BCUT2D eigenvalue weighted by Gasteiger charge is 2.19. The zero-order valence-corrected chi connectivity index (χ0v) is 16.4. The third-order valence-corrected chi connectivity index (χ3v) is 4.63. The van der Waals surface area contributed by atoms with Crippen LogP contribution in [0.5, 0.6) is 5.75 Å². The Balaban J connectivity index is 1.70. The molecule has 6 nitrogen and oxygen atoms in total. The molecule has 2 aromatic carbocycles. The molecule has 1 aliphatic rings. The lowest BCUT2D eigenvalue weighted by Crippen LogP contribution is -2.34. The number of rotatable bonds is 8. The molecule has 0 bridgehead atoms. The second kappa shape index (κ2) is 10.4. The van der Waals surface area contributed by atoms with Crippen LogP contribution in [0.1, 0.15) is 24.0 Å². The molecule has 6 heteroatoms. The minimum absolute atomic E-state index is 0.0416. The first kappa shape index (κ1) is 20.6. The fraction of sp³-hybridized carbons (Fsp3) is 0.304. The third-order valence-electron chi connectivity index (χ3n) is 4.63. The predicted octanol–water partition coefficient (Wildman–Crippen LogP) is 3.07. The molecule has 0 saturated carbocycles. The van der Waals surface area contributed by atoms with E-state index in [1.165, 1.54) is 0 Å². The Morgan fingerprint density at radius 2 is 1.90 bits per heavy atom. The minimum Gasteiger partial charge on any atom is -0.496 e. The van der Waals surface area contributed by atoms with Crippen molar-refractivity contribution in [2.24, 2.45) is 0 Å². The standard InChI is InChI=1S/C23H25NO5/c1-27-21-12-6-5-10-18(21)14-20(17-8-3-2-4-9-17)23(26)29-16-22(25)24-15-19-11-7-13-28-19/h2-6,8-10,12,14,19H,7,11,13,15-16H2,1H3,(H,24,25)/b20-14+/t19-/m0/s1. The van der Waals surface area contributed by atoms with E-state index < -0.39 is 5.97 Å². The van der Waals surface area contributed by atoms with Crippen LogP contribution in [0, 0.1) is 0 Å². The Labute approximate surface area is 170 Å².